The van der Waals surface area contributed by atoms with Gasteiger partial charge in [-0.3, -0.25) is 4.79 Å². The average molecular weight is 212 g/mol. The predicted octanol–water partition coefficient (Wildman–Crippen LogP) is 1.49. The second-order valence-corrected chi connectivity index (χ2v) is 5.16. The minimum Gasteiger partial charge on any atom is -0.343 e. The summed E-state index contributed by atoms with van der Waals surface area (Å²) >= 11 is 0. The number of nitrogens with zero attached hydrogens (tertiary/aromatic N) is 1. The van der Waals surface area contributed by atoms with E-state index in [-0.39, 0.29) is 5.92 Å². The van der Waals surface area contributed by atoms with Crippen LogP contribution in [0.15, 0.2) is 0 Å². The van der Waals surface area contributed by atoms with Gasteiger partial charge in [-0.05, 0) is 32.7 Å². The number of hydrogen-bond acceptors (Lipinski definition) is 2. The lowest BCUT2D eigenvalue weighted by Gasteiger charge is -2.29. The SMILES string of the molecule is CC(C)C1NCCC1C(=O)N(C)C(C)C. The van der Waals surface area contributed by atoms with Gasteiger partial charge >= 0.3 is 0 Å². The van der Waals surface area contributed by atoms with Crippen molar-refractivity contribution in [3.63, 3.8) is 0 Å². The van der Waals surface area contributed by atoms with Gasteiger partial charge in [-0.15, -0.1) is 0 Å². The molecule has 0 aromatic rings. The minimum atomic E-state index is 0.178. The van der Waals surface area contributed by atoms with Crippen molar-refractivity contribution in [3.8, 4) is 0 Å². The van der Waals surface area contributed by atoms with Gasteiger partial charge < -0.3 is 10.2 Å². The zero-order valence-corrected chi connectivity index (χ0v) is 10.6. The molecule has 0 aromatic carbocycles. The summed E-state index contributed by atoms with van der Waals surface area (Å²) in [6.07, 6.45) is 0.985. The lowest BCUT2D eigenvalue weighted by molar-refractivity contribution is -0.136. The molecule has 1 saturated heterocycles. The molecule has 15 heavy (non-hydrogen) atoms. The lowest BCUT2D eigenvalue weighted by Crippen LogP contribution is -2.44. The fourth-order valence-corrected chi connectivity index (χ4v) is 2.22. The molecular formula is C12H24N2O. The fourth-order valence-electron chi connectivity index (χ4n) is 2.22. The quantitative estimate of drug-likeness (QED) is 0.768. The average Bonchev–Trinajstić information content (AvgIpc) is 2.63. The van der Waals surface area contributed by atoms with Crippen LogP contribution in [0.2, 0.25) is 0 Å². The Morgan fingerprint density at radius 1 is 1.33 bits per heavy atom. The predicted molar refractivity (Wildman–Crippen MR) is 62.6 cm³/mol. The van der Waals surface area contributed by atoms with E-state index in [1.54, 1.807) is 0 Å². The second-order valence-electron chi connectivity index (χ2n) is 5.16. The van der Waals surface area contributed by atoms with Gasteiger partial charge in [0.25, 0.3) is 0 Å². The maximum atomic E-state index is 12.2. The summed E-state index contributed by atoms with van der Waals surface area (Å²) in [6.45, 7) is 9.46. The standard InChI is InChI=1S/C12H24N2O/c1-8(2)11-10(6-7-13-11)12(15)14(5)9(3)4/h8-11,13H,6-7H2,1-5H3. The van der Waals surface area contributed by atoms with Crippen LogP contribution >= 0.6 is 0 Å². The first-order valence-corrected chi connectivity index (χ1v) is 5.95. The number of nitrogens with one attached hydrogen (secondary N) is 1. The van der Waals surface area contributed by atoms with Gasteiger partial charge in [0.05, 0.1) is 5.92 Å². The molecule has 3 heteroatoms. The maximum Gasteiger partial charge on any atom is 0.227 e. The fraction of sp³-hybridized carbons (Fsp3) is 0.917. The second kappa shape index (κ2) is 4.97. The lowest BCUT2D eigenvalue weighted by atomic mass is 9.90. The number of carbonyl (C=O) groups is 1. The third kappa shape index (κ3) is 2.71. The monoisotopic (exact) mass is 212 g/mol. The smallest absolute Gasteiger partial charge is 0.227 e. The third-order valence-corrected chi connectivity index (χ3v) is 3.43. The largest absolute Gasteiger partial charge is 0.343 e. The van der Waals surface area contributed by atoms with E-state index >= 15 is 0 Å². The molecule has 2 atom stereocenters. The summed E-state index contributed by atoms with van der Waals surface area (Å²) in [5.74, 6) is 1.01. The highest BCUT2D eigenvalue weighted by molar-refractivity contribution is 5.80. The van der Waals surface area contributed by atoms with E-state index in [0.717, 1.165) is 13.0 Å². The van der Waals surface area contributed by atoms with Crippen molar-refractivity contribution in [2.24, 2.45) is 11.8 Å². The summed E-state index contributed by atoms with van der Waals surface area (Å²) in [6, 6.07) is 0.657. The Hall–Kier alpha value is -0.570. The first-order chi connectivity index (χ1) is 6.95. The van der Waals surface area contributed by atoms with Crippen LogP contribution in [0.1, 0.15) is 34.1 Å². The molecule has 1 aliphatic rings. The molecule has 0 radical (unpaired) electrons. The minimum absolute atomic E-state index is 0.178. The van der Waals surface area contributed by atoms with E-state index in [1.165, 1.54) is 0 Å². The molecule has 0 spiro atoms. The number of carbonyl (C=O) groups excluding carboxylic acids is 1. The molecule has 1 amide bonds. The van der Waals surface area contributed by atoms with E-state index in [4.69, 9.17) is 0 Å². The number of hydrogen-bond donors (Lipinski definition) is 1. The molecule has 1 fully saturated rings. The zero-order chi connectivity index (χ0) is 11.6. The highest BCUT2D eigenvalue weighted by Gasteiger charge is 2.36. The van der Waals surface area contributed by atoms with Gasteiger partial charge in [0.2, 0.25) is 5.91 Å². The highest BCUT2D eigenvalue weighted by Crippen LogP contribution is 2.24. The van der Waals surface area contributed by atoms with Crippen molar-refractivity contribution in [1.29, 1.82) is 0 Å². The van der Waals surface area contributed by atoms with Gasteiger partial charge in [0.15, 0.2) is 0 Å². The summed E-state index contributed by atoms with van der Waals surface area (Å²) in [7, 11) is 1.91. The molecule has 0 aromatic heterocycles. The van der Waals surface area contributed by atoms with Crippen molar-refractivity contribution >= 4 is 5.91 Å². The van der Waals surface area contributed by atoms with Crippen LogP contribution in [0.5, 0.6) is 0 Å². The van der Waals surface area contributed by atoms with Gasteiger partial charge in [-0.2, -0.15) is 0 Å². The Kier molecular flexibility index (Phi) is 4.14. The van der Waals surface area contributed by atoms with Crippen LogP contribution in [0.25, 0.3) is 0 Å². The van der Waals surface area contributed by atoms with E-state index in [2.05, 4.69) is 33.0 Å². The summed E-state index contributed by atoms with van der Waals surface area (Å²) < 4.78 is 0. The third-order valence-electron chi connectivity index (χ3n) is 3.43. The van der Waals surface area contributed by atoms with Gasteiger partial charge in [-0.25, -0.2) is 0 Å². The molecule has 1 aliphatic heterocycles. The summed E-state index contributed by atoms with van der Waals surface area (Å²) in [5, 5.41) is 3.43. The Bertz CT molecular complexity index is 226. The van der Waals surface area contributed by atoms with E-state index in [1.807, 2.05) is 11.9 Å². The Morgan fingerprint density at radius 3 is 2.40 bits per heavy atom. The molecule has 0 bridgehead atoms. The van der Waals surface area contributed by atoms with Crippen molar-refractivity contribution in [2.45, 2.75) is 46.2 Å². The Labute approximate surface area is 93.2 Å². The molecule has 0 aliphatic carbocycles. The van der Waals surface area contributed by atoms with E-state index < -0.39 is 0 Å². The van der Waals surface area contributed by atoms with E-state index in [9.17, 15) is 4.79 Å². The molecular weight excluding hydrogens is 188 g/mol. The van der Waals surface area contributed by atoms with Crippen LogP contribution in [-0.2, 0) is 4.79 Å². The molecule has 0 saturated carbocycles. The topological polar surface area (TPSA) is 32.3 Å². The maximum absolute atomic E-state index is 12.2. The van der Waals surface area contributed by atoms with Crippen molar-refractivity contribution in [1.82, 2.24) is 10.2 Å². The molecule has 1 heterocycles. The molecule has 2 unspecified atom stereocenters. The molecule has 88 valence electrons. The van der Waals surface area contributed by atoms with Crippen molar-refractivity contribution in [2.75, 3.05) is 13.6 Å². The Balaban J connectivity index is 2.66. The van der Waals surface area contributed by atoms with Crippen LogP contribution < -0.4 is 5.32 Å². The van der Waals surface area contributed by atoms with Crippen LogP contribution in [0.3, 0.4) is 0 Å². The van der Waals surface area contributed by atoms with Gasteiger partial charge in [0.1, 0.15) is 0 Å². The highest BCUT2D eigenvalue weighted by atomic mass is 16.2. The van der Waals surface area contributed by atoms with Crippen molar-refractivity contribution < 1.29 is 4.79 Å². The summed E-state index contributed by atoms with van der Waals surface area (Å²) in [5.41, 5.74) is 0. The number of amides is 1. The van der Waals surface area contributed by atoms with Crippen molar-refractivity contribution in [3.05, 3.63) is 0 Å². The molecule has 1 N–H and O–H groups in total. The summed E-state index contributed by atoms with van der Waals surface area (Å²) in [4.78, 5) is 14.1. The first kappa shape index (κ1) is 12.5. The first-order valence-electron chi connectivity index (χ1n) is 5.95. The normalized spacial score (nSPS) is 26.3. The molecule has 3 nitrogen and oxygen atoms in total. The Morgan fingerprint density at radius 2 is 1.93 bits per heavy atom. The molecule has 1 rings (SSSR count). The van der Waals surface area contributed by atoms with Gasteiger partial charge in [-0.1, -0.05) is 13.8 Å². The van der Waals surface area contributed by atoms with Crippen LogP contribution in [-0.4, -0.2) is 36.5 Å². The van der Waals surface area contributed by atoms with Gasteiger partial charge in [0, 0.05) is 19.1 Å². The van der Waals surface area contributed by atoms with Crippen LogP contribution in [0, 0.1) is 11.8 Å². The zero-order valence-electron chi connectivity index (χ0n) is 10.6. The van der Waals surface area contributed by atoms with Crippen LogP contribution in [0.4, 0.5) is 0 Å². The van der Waals surface area contributed by atoms with E-state index in [0.29, 0.717) is 23.9 Å². The number of rotatable bonds is 3.